The van der Waals surface area contributed by atoms with E-state index in [4.69, 9.17) is 5.73 Å². The van der Waals surface area contributed by atoms with Crippen molar-refractivity contribution in [1.29, 1.82) is 0 Å². The third-order valence-electron chi connectivity index (χ3n) is 1.86. The van der Waals surface area contributed by atoms with Crippen molar-refractivity contribution in [3.05, 3.63) is 17.5 Å². The van der Waals surface area contributed by atoms with E-state index in [1.807, 2.05) is 17.9 Å². The van der Waals surface area contributed by atoms with Gasteiger partial charge in [-0.1, -0.05) is 13.3 Å². The summed E-state index contributed by atoms with van der Waals surface area (Å²) in [5, 5.41) is 4.14. The molecule has 3 nitrogen and oxygen atoms in total. The van der Waals surface area contributed by atoms with Crippen LogP contribution in [0.15, 0.2) is 6.20 Å². The molecule has 0 fully saturated rings. The summed E-state index contributed by atoms with van der Waals surface area (Å²) in [6.07, 6.45) is 4.14. The van der Waals surface area contributed by atoms with Crippen LogP contribution in [0.25, 0.3) is 0 Å². The predicted octanol–water partition coefficient (Wildman–Crippen LogP) is 0.831. The quantitative estimate of drug-likeness (QED) is 0.699. The number of aromatic nitrogens is 2. The van der Waals surface area contributed by atoms with E-state index in [1.54, 1.807) is 0 Å². The lowest BCUT2D eigenvalue weighted by molar-refractivity contribution is 0.706. The van der Waals surface area contributed by atoms with Crippen LogP contribution in [0.2, 0.25) is 0 Å². The Balaban J connectivity index is 2.86. The topological polar surface area (TPSA) is 43.8 Å². The Bertz CT molecular complexity index is 227. The second kappa shape index (κ2) is 3.53. The Kier molecular flexibility index (Phi) is 2.65. The molecule has 1 heterocycles. The molecule has 0 atom stereocenters. The van der Waals surface area contributed by atoms with Crippen molar-refractivity contribution in [3.63, 3.8) is 0 Å². The Morgan fingerprint density at radius 1 is 1.64 bits per heavy atom. The monoisotopic (exact) mass is 153 g/mol. The second-order valence-corrected chi connectivity index (χ2v) is 2.69. The molecule has 2 N–H and O–H groups in total. The molecule has 1 rings (SSSR count). The van der Waals surface area contributed by atoms with Gasteiger partial charge in [0.15, 0.2) is 0 Å². The Morgan fingerprint density at radius 3 is 2.91 bits per heavy atom. The molecule has 0 aliphatic carbocycles. The second-order valence-electron chi connectivity index (χ2n) is 2.69. The Labute approximate surface area is 67.2 Å². The van der Waals surface area contributed by atoms with E-state index < -0.39 is 0 Å². The molecule has 0 spiro atoms. The molecule has 0 aromatic carbocycles. The van der Waals surface area contributed by atoms with Crippen molar-refractivity contribution < 1.29 is 0 Å². The zero-order valence-corrected chi connectivity index (χ0v) is 7.17. The van der Waals surface area contributed by atoms with Gasteiger partial charge >= 0.3 is 0 Å². The first-order chi connectivity index (χ1) is 5.29. The van der Waals surface area contributed by atoms with Crippen LogP contribution in [-0.4, -0.2) is 9.78 Å². The lowest BCUT2D eigenvalue weighted by atomic mass is 10.1. The van der Waals surface area contributed by atoms with Crippen LogP contribution in [-0.2, 0) is 20.0 Å². The van der Waals surface area contributed by atoms with Gasteiger partial charge in [-0.15, -0.1) is 0 Å². The molecule has 1 aromatic heterocycles. The molecule has 0 radical (unpaired) electrons. The van der Waals surface area contributed by atoms with Gasteiger partial charge in [0, 0.05) is 13.6 Å². The zero-order valence-electron chi connectivity index (χ0n) is 7.17. The van der Waals surface area contributed by atoms with Crippen molar-refractivity contribution in [2.45, 2.75) is 26.3 Å². The molecule has 0 saturated heterocycles. The van der Waals surface area contributed by atoms with Gasteiger partial charge in [-0.3, -0.25) is 4.68 Å². The maximum absolute atomic E-state index is 5.57. The molecule has 3 heteroatoms. The van der Waals surface area contributed by atoms with E-state index in [2.05, 4.69) is 12.0 Å². The number of hydrogen-bond acceptors (Lipinski definition) is 2. The fourth-order valence-corrected chi connectivity index (χ4v) is 1.25. The SMILES string of the molecule is CCCc1cnn(C)c1CN. The lowest BCUT2D eigenvalue weighted by Gasteiger charge is -2.00. The van der Waals surface area contributed by atoms with Crippen LogP contribution in [0.1, 0.15) is 24.6 Å². The highest BCUT2D eigenvalue weighted by Crippen LogP contribution is 2.08. The van der Waals surface area contributed by atoms with Crippen LogP contribution in [0, 0.1) is 0 Å². The number of nitrogens with zero attached hydrogens (tertiary/aromatic N) is 2. The van der Waals surface area contributed by atoms with Crippen LogP contribution >= 0.6 is 0 Å². The smallest absolute Gasteiger partial charge is 0.0548 e. The van der Waals surface area contributed by atoms with Gasteiger partial charge < -0.3 is 5.73 Å². The van der Waals surface area contributed by atoms with E-state index in [9.17, 15) is 0 Å². The molecule has 1 aromatic rings. The van der Waals surface area contributed by atoms with Crippen LogP contribution in [0.5, 0.6) is 0 Å². The summed E-state index contributed by atoms with van der Waals surface area (Å²) >= 11 is 0. The number of rotatable bonds is 3. The number of aryl methyl sites for hydroxylation is 2. The summed E-state index contributed by atoms with van der Waals surface area (Å²) in [6, 6.07) is 0. The molecule has 0 aliphatic heterocycles. The highest BCUT2D eigenvalue weighted by Gasteiger charge is 2.04. The van der Waals surface area contributed by atoms with E-state index >= 15 is 0 Å². The Morgan fingerprint density at radius 2 is 2.36 bits per heavy atom. The van der Waals surface area contributed by atoms with Gasteiger partial charge in [-0.05, 0) is 12.0 Å². The molecule has 0 bridgehead atoms. The minimum Gasteiger partial charge on any atom is -0.325 e. The third kappa shape index (κ3) is 1.60. The summed E-state index contributed by atoms with van der Waals surface area (Å²) in [6.45, 7) is 2.75. The van der Waals surface area contributed by atoms with Crippen molar-refractivity contribution in [2.24, 2.45) is 12.8 Å². The molecule has 0 saturated carbocycles. The number of nitrogens with two attached hydrogens (primary N) is 1. The average molecular weight is 153 g/mol. The molecule has 62 valence electrons. The fourth-order valence-electron chi connectivity index (χ4n) is 1.25. The maximum Gasteiger partial charge on any atom is 0.0548 e. The van der Waals surface area contributed by atoms with Gasteiger partial charge in [0.1, 0.15) is 0 Å². The fraction of sp³-hybridized carbons (Fsp3) is 0.625. The van der Waals surface area contributed by atoms with Gasteiger partial charge in [0.25, 0.3) is 0 Å². The highest BCUT2D eigenvalue weighted by atomic mass is 15.3. The molecular formula is C8H15N3. The first-order valence-corrected chi connectivity index (χ1v) is 3.99. The van der Waals surface area contributed by atoms with Crippen molar-refractivity contribution in [2.75, 3.05) is 0 Å². The van der Waals surface area contributed by atoms with Gasteiger partial charge in [0.2, 0.25) is 0 Å². The van der Waals surface area contributed by atoms with Crippen molar-refractivity contribution >= 4 is 0 Å². The normalized spacial score (nSPS) is 10.5. The Hall–Kier alpha value is -0.830. The van der Waals surface area contributed by atoms with Gasteiger partial charge in [0.05, 0.1) is 11.9 Å². The minimum atomic E-state index is 0.589. The molecular weight excluding hydrogens is 138 g/mol. The van der Waals surface area contributed by atoms with Gasteiger partial charge in [-0.2, -0.15) is 5.10 Å². The first-order valence-electron chi connectivity index (χ1n) is 3.99. The molecule has 0 unspecified atom stereocenters. The average Bonchev–Trinajstić information content (AvgIpc) is 2.33. The maximum atomic E-state index is 5.57. The summed E-state index contributed by atoms with van der Waals surface area (Å²) in [4.78, 5) is 0. The van der Waals surface area contributed by atoms with Gasteiger partial charge in [-0.25, -0.2) is 0 Å². The van der Waals surface area contributed by atoms with E-state index in [0.29, 0.717) is 6.54 Å². The molecule has 0 aliphatic rings. The third-order valence-corrected chi connectivity index (χ3v) is 1.86. The zero-order chi connectivity index (χ0) is 8.27. The van der Waals surface area contributed by atoms with E-state index in [0.717, 1.165) is 18.5 Å². The standard InChI is InChI=1S/C8H15N3/c1-3-4-7-6-10-11(2)8(7)5-9/h6H,3-5,9H2,1-2H3. The van der Waals surface area contributed by atoms with Crippen LogP contribution in [0.3, 0.4) is 0 Å². The minimum absolute atomic E-state index is 0.589. The van der Waals surface area contributed by atoms with Crippen molar-refractivity contribution in [3.8, 4) is 0 Å². The predicted molar refractivity (Wildman–Crippen MR) is 45.1 cm³/mol. The van der Waals surface area contributed by atoms with Crippen LogP contribution < -0.4 is 5.73 Å². The van der Waals surface area contributed by atoms with E-state index in [-0.39, 0.29) is 0 Å². The van der Waals surface area contributed by atoms with Crippen LogP contribution in [0.4, 0.5) is 0 Å². The summed E-state index contributed by atoms with van der Waals surface area (Å²) in [5.41, 5.74) is 8.01. The summed E-state index contributed by atoms with van der Waals surface area (Å²) in [7, 11) is 1.93. The summed E-state index contributed by atoms with van der Waals surface area (Å²) < 4.78 is 1.85. The lowest BCUT2D eigenvalue weighted by Crippen LogP contribution is -2.06. The summed E-state index contributed by atoms with van der Waals surface area (Å²) in [5.74, 6) is 0. The van der Waals surface area contributed by atoms with Crippen molar-refractivity contribution in [1.82, 2.24) is 9.78 Å². The first kappa shape index (κ1) is 8.27. The molecule has 11 heavy (non-hydrogen) atoms. The highest BCUT2D eigenvalue weighted by molar-refractivity contribution is 5.17. The molecule has 0 amide bonds. The largest absolute Gasteiger partial charge is 0.325 e. The van der Waals surface area contributed by atoms with E-state index in [1.165, 1.54) is 5.56 Å². The number of hydrogen-bond donors (Lipinski definition) is 1.